The Balaban J connectivity index is 1.21. The Morgan fingerprint density at radius 3 is 2.45 bits per heavy atom. The molecular weight excluding hydrogens is 629 g/mol. The van der Waals surface area contributed by atoms with Gasteiger partial charge >= 0.3 is 5.97 Å². The molecule has 6 rings (SSSR count). The second-order valence-electron chi connectivity index (χ2n) is 11.7. The summed E-state index contributed by atoms with van der Waals surface area (Å²) in [5, 5.41) is 28.4. The minimum Gasteiger partial charge on any atom is -0.480 e. The van der Waals surface area contributed by atoms with E-state index < -0.39 is 17.8 Å². The van der Waals surface area contributed by atoms with E-state index in [1.165, 1.54) is 12.1 Å². The number of hydrogen-bond acceptors (Lipinski definition) is 11. The molecule has 1 saturated heterocycles. The van der Waals surface area contributed by atoms with Crippen molar-refractivity contribution in [3.63, 3.8) is 0 Å². The Bertz CT molecular complexity index is 2000. The summed E-state index contributed by atoms with van der Waals surface area (Å²) in [6.45, 7) is 5.40. The molecule has 3 aromatic carbocycles. The highest BCUT2D eigenvalue weighted by Gasteiger charge is 2.21. The lowest BCUT2D eigenvalue weighted by Crippen LogP contribution is -2.47. The fourth-order valence-electron chi connectivity index (χ4n) is 5.52. The number of carboxylic acid groups (broad SMARTS) is 1. The molecule has 0 bridgehead atoms. The number of nitrogens with one attached hydrogen (secondary N) is 4. The van der Waals surface area contributed by atoms with Crippen molar-refractivity contribution in [2.75, 3.05) is 42.1 Å². The monoisotopic (exact) mass is 663 g/mol. The van der Waals surface area contributed by atoms with Gasteiger partial charge in [0.05, 0.1) is 29.2 Å². The van der Waals surface area contributed by atoms with Crippen molar-refractivity contribution < 1.29 is 19.1 Å². The molecule has 0 saturated carbocycles. The van der Waals surface area contributed by atoms with Crippen molar-refractivity contribution in [2.24, 2.45) is 0 Å². The highest BCUT2D eigenvalue weighted by molar-refractivity contribution is 5.77. The highest BCUT2D eigenvalue weighted by atomic mass is 19.1. The maximum Gasteiger partial charge on any atom is 0.326 e. The van der Waals surface area contributed by atoms with Gasteiger partial charge in [0.2, 0.25) is 23.8 Å². The second-order valence-corrected chi connectivity index (χ2v) is 11.7. The number of imidazole rings is 1. The first kappa shape index (κ1) is 32.8. The summed E-state index contributed by atoms with van der Waals surface area (Å²) >= 11 is 0. The van der Waals surface area contributed by atoms with E-state index in [0.717, 1.165) is 24.3 Å². The summed E-state index contributed by atoms with van der Waals surface area (Å²) in [7, 11) is 0. The first-order valence-electron chi connectivity index (χ1n) is 15.7. The normalized spacial score (nSPS) is 13.9. The van der Waals surface area contributed by atoms with E-state index in [1.807, 2.05) is 29.2 Å². The van der Waals surface area contributed by atoms with Gasteiger partial charge in [-0.3, -0.25) is 9.69 Å². The number of carbonyl (C=O) groups is 2. The SMILES string of the molecule is CC(=O)N1CCN(Cc2cccc(Nc3nc(NCc4nc5cc(F)ccc5[nH]4)nc(N[C@@H](Cc4ccc(C#N)cc4)C(=O)O)n3)c2)CC1. The Kier molecular flexibility index (Phi) is 9.86. The maximum atomic E-state index is 13.7. The zero-order valence-corrected chi connectivity index (χ0v) is 26.7. The lowest BCUT2D eigenvalue weighted by Gasteiger charge is -2.34. The smallest absolute Gasteiger partial charge is 0.326 e. The van der Waals surface area contributed by atoms with Crippen molar-refractivity contribution in [3.05, 3.63) is 95.1 Å². The fraction of sp³-hybridized carbons (Fsp3) is 0.265. The summed E-state index contributed by atoms with van der Waals surface area (Å²) in [6, 6.07) is 19.7. The fourth-order valence-corrected chi connectivity index (χ4v) is 5.52. The van der Waals surface area contributed by atoms with Gasteiger partial charge in [-0.05, 0) is 47.5 Å². The topological polar surface area (TPSA) is 188 Å². The van der Waals surface area contributed by atoms with Crippen LogP contribution in [0, 0.1) is 17.1 Å². The molecule has 1 aliphatic rings. The van der Waals surface area contributed by atoms with Crippen molar-refractivity contribution in [2.45, 2.75) is 32.5 Å². The molecule has 0 radical (unpaired) electrons. The average molecular weight is 664 g/mol. The van der Waals surface area contributed by atoms with Crippen LogP contribution in [0.25, 0.3) is 11.0 Å². The van der Waals surface area contributed by atoms with Crippen LogP contribution in [0.5, 0.6) is 0 Å². The molecule has 49 heavy (non-hydrogen) atoms. The molecule has 5 aromatic rings. The van der Waals surface area contributed by atoms with Crippen LogP contribution in [0.4, 0.5) is 27.9 Å². The van der Waals surface area contributed by atoms with Gasteiger partial charge in [-0.25, -0.2) is 14.2 Å². The summed E-state index contributed by atoms with van der Waals surface area (Å²) < 4.78 is 13.7. The number of carbonyl (C=O) groups excluding carboxylic acids is 1. The third-order valence-electron chi connectivity index (χ3n) is 8.07. The van der Waals surface area contributed by atoms with Crippen LogP contribution in [0.15, 0.2) is 66.7 Å². The van der Waals surface area contributed by atoms with Gasteiger partial charge in [-0.15, -0.1) is 0 Å². The van der Waals surface area contributed by atoms with Crippen LogP contribution in [0.1, 0.15) is 29.4 Å². The minimum atomic E-state index is -1.11. The van der Waals surface area contributed by atoms with E-state index in [4.69, 9.17) is 5.26 Å². The third-order valence-corrected chi connectivity index (χ3v) is 8.07. The Morgan fingerprint density at radius 2 is 1.71 bits per heavy atom. The van der Waals surface area contributed by atoms with Crippen LogP contribution in [0.2, 0.25) is 0 Å². The van der Waals surface area contributed by atoms with E-state index in [1.54, 1.807) is 37.3 Å². The Hall–Kier alpha value is -6.14. The predicted molar refractivity (Wildman–Crippen MR) is 180 cm³/mol. The first-order chi connectivity index (χ1) is 23.7. The molecular formula is C34H34FN11O3. The van der Waals surface area contributed by atoms with Crippen LogP contribution in [-0.2, 0) is 29.1 Å². The number of aromatic amines is 1. The molecule has 1 atom stereocenters. The number of nitrogens with zero attached hydrogens (tertiary/aromatic N) is 7. The zero-order valence-electron chi connectivity index (χ0n) is 26.7. The number of carboxylic acids is 1. The molecule has 14 nitrogen and oxygen atoms in total. The minimum absolute atomic E-state index is 0.0206. The molecule has 1 fully saturated rings. The van der Waals surface area contributed by atoms with Gasteiger partial charge in [0.25, 0.3) is 0 Å². The summed E-state index contributed by atoms with van der Waals surface area (Å²) in [5.74, 6) is -0.563. The number of rotatable bonds is 12. The largest absolute Gasteiger partial charge is 0.480 e. The molecule has 5 N–H and O–H groups in total. The standard InChI is InChI=1S/C34H34FN11O3/c1-21(47)46-13-11-45(12-14-46)20-24-3-2-4-26(15-24)38-33-42-32(37-19-30-39-27-10-9-25(35)17-28(27)40-30)43-34(44-33)41-29(31(48)49)16-22-5-7-23(18-36)8-6-22/h2-10,15,17,29H,11-14,16,19-20H2,1H3,(H,39,40)(H,48,49)(H3,37,38,41,42,43,44)/t29-/m0/s1. The lowest BCUT2D eigenvalue weighted by atomic mass is 10.0. The number of anilines is 4. The number of aromatic nitrogens is 5. The number of amides is 1. The number of H-pyrrole nitrogens is 1. The first-order valence-corrected chi connectivity index (χ1v) is 15.7. The third kappa shape index (κ3) is 8.62. The number of nitriles is 1. The van der Waals surface area contributed by atoms with Crippen LogP contribution in [-0.4, -0.2) is 83.9 Å². The van der Waals surface area contributed by atoms with E-state index in [2.05, 4.69) is 51.8 Å². The van der Waals surface area contributed by atoms with Gasteiger partial charge in [-0.1, -0.05) is 24.3 Å². The number of halogens is 1. The summed E-state index contributed by atoms with van der Waals surface area (Å²) in [5.41, 5.74) is 4.11. The Morgan fingerprint density at radius 1 is 0.959 bits per heavy atom. The molecule has 0 spiro atoms. The molecule has 0 aliphatic carbocycles. The number of benzene rings is 3. The van der Waals surface area contributed by atoms with E-state index in [-0.39, 0.29) is 36.7 Å². The molecule has 15 heteroatoms. The molecule has 0 unspecified atom stereocenters. The summed E-state index contributed by atoms with van der Waals surface area (Å²) in [4.78, 5) is 49.1. The van der Waals surface area contributed by atoms with E-state index >= 15 is 0 Å². The highest BCUT2D eigenvalue weighted by Crippen LogP contribution is 2.21. The van der Waals surface area contributed by atoms with Gasteiger partial charge in [0.15, 0.2) is 0 Å². The molecule has 3 heterocycles. The van der Waals surface area contributed by atoms with Gasteiger partial charge in [0.1, 0.15) is 17.7 Å². The Labute approximate surface area is 281 Å². The van der Waals surface area contributed by atoms with Crippen molar-refractivity contribution in [3.8, 4) is 6.07 Å². The quantitative estimate of drug-likeness (QED) is 0.130. The second kappa shape index (κ2) is 14.7. The molecule has 1 aliphatic heterocycles. The van der Waals surface area contributed by atoms with Crippen molar-refractivity contribution >= 4 is 46.4 Å². The van der Waals surface area contributed by atoms with Crippen molar-refractivity contribution in [1.29, 1.82) is 5.26 Å². The average Bonchev–Trinajstić information content (AvgIpc) is 3.50. The van der Waals surface area contributed by atoms with Crippen LogP contribution < -0.4 is 16.0 Å². The van der Waals surface area contributed by atoms with Gasteiger partial charge < -0.3 is 30.9 Å². The maximum absolute atomic E-state index is 13.7. The molecule has 2 aromatic heterocycles. The van der Waals surface area contributed by atoms with E-state index in [0.29, 0.717) is 47.6 Å². The van der Waals surface area contributed by atoms with Crippen LogP contribution >= 0.6 is 0 Å². The molecule has 1 amide bonds. The van der Waals surface area contributed by atoms with Gasteiger partial charge in [0, 0.05) is 57.8 Å². The number of hydrogen-bond donors (Lipinski definition) is 5. The van der Waals surface area contributed by atoms with Crippen molar-refractivity contribution in [1.82, 2.24) is 34.7 Å². The number of piperazine rings is 1. The zero-order chi connectivity index (χ0) is 34.3. The predicted octanol–water partition coefficient (Wildman–Crippen LogP) is 3.89. The van der Waals surface area contributed by atoms with Gasteiger partial charge in [-0.2, -0.15) is 20.2 Å². The number of aliphatic carboxylic acids is 1. The summed E-state index contributed by atoms with van der Waals surface area (Å²) in [6.07, 6.45) is 0.108. The van der Waals surface area contributed by atoms with E-state index in [9.17, 15) is 19.1 Å². The lowest BCUT2D eigenvalue weighted by molar-refractivity contribution is -0.138. The molecule has 250 valence electrons. The number of fused-ring (bicyclic) bond motifs is 1. The van der Waals surface area contributed by atoms with Crippen LogP contribution in [0.3, 0.4) is 0 Å².